The molecule has 0 aliphatic heterocycles. The van der Waals surface area contributed by atoms with E-state index in [0.29, 0.717) is 0 Å². The average Bonchev–Trinajstić information content (AvgIpc) is 2.84. The molecule has 9 heteroatoms. The van der Waals surface area contributed by atoms with Crippen molar-refractivity contribution in [1.82, 2.24) is 4.72 Å². The van der Waals surface area contributed by atoms with Gasteiger partial charge in [-0.3, -0.25) is 4.79 Å². The van der Waals surface area contributed by atoms with Gasteiger partial charge in [0, 0.05) is 0 Å². The zero-order valence-electron chi connectivity index (χ0n) is 10.4. The van der Waals surface area contributed by atoms with Crippen molar-refractivity contribution < 1.29 is 23.4 Å². The Labute approximate surface area is 129 Å². The maximum absolute atomic E-state index is 12.1. The second-order valence-electron chi connectivity index (χ2n) is 4.04. The molecule has 1 heterocycles. The average molecular weight is 348 g/mol. The standard InChI is InChI=1S/C12H10ClNO5S2/c13-9-5-6-10(20-9)21(18,19)14-11(12(16)17)7-1-3-8(15)4-2-7/h1-6,11,14-15H,(H,16,17)/t11-/m0/s1. The summed E-state index contributed by atoms with van der Waals surface area (Å²) in [6.45, 7) is 0. The van der Waals surface area contributed by atoms with E-state index in [-0.39, 0.29) is 19.9 Å². The highest BCUT2D eigenvalue weighted by Crippen LogP contribution is 2.27. The molecule has 2 rings (SSSR count). The molecule has 6 nitrogen and oxygen atoms in total. The van der Waals surface area contributed by atoms with Crippen LogP contribution in [0.15, 0.2) is 40.6 Å². The number of phenols is 1. The van der Waals surface area contributed by atoms with E-state index in [2.05, 4.69) is 4.72 Å². The summed E-state index contributed by atoms with van der Waals surface area (Å²) in [5.41, 5.74) is 0.200. The van der Waals surface area contributed by atoms with Crippen molar-refractivity contribution in [3.63, 3.8) is 0 Å². The molecular weight excluding hydrogens is 338 g/mol. The summed E-state index contributed by atoms with van der Waals surface area (Å²) in [6.07, 6.45) is 0. The molecule has 0 aliphatic rings. The van der Waals surface area contributed by atoms with E-state index in [4.69, 9.17) is 11.6 Å². The number of halogens is 1. The number of carbonyl (C=O) groups is 1. The number of phenolic OH excluding ortho intramolecular Hbond substituents is 1. The van der Waals surface area contributed by atoms with Crippen molar-refractivity contribution >= 4 is 38.9 Å². The molecule has 1 aromatic carbocycles. The first-order valence-electron chi connectivity index (χ1n) is 5.59. The maximum atomic E-state index is 12.1. The van der Waals surface area contributed by atoms with Crippen LogP contribution in [0.4, 0.5) is 0 Å². The molecular formula is C12H10ClNO5S2. The molecule has 2 aromatic rings. The summed E-state index contributed by atoms with van der Waals surface area (Å²) in [4.78, 5) is 11.3. The number of nitrogens with one attached hydrogen (secondary N) is 1. The Balaban J connectivity index is 2.32. The van der Waals surface area contributed by atoms with Crippen molar-refractivity contribution in [2.45, 2.75) is 10.3 Å². The molecule has 0 aliphatic carbocycles. The second kappa shape index (κ2) is 6.02. The summed E-state index contributed by atoms with van der Waals surface area (Å²) in [5.74, 6) is -1.40. The predicted octanol–water partition coefficient (Wildman–Crippen LogP) is 2.21. The highest BCUT2D eigenvalue weighted by Gasteiger charge is 2.27. The van der Waals surface area contributed by atoms with Crippen molar-refractivity contribution in [2.75, 3.05) is 0 Å². The van der Waals surface area contributed by atoms with E-state index in [1.165, 1.54) is 36.4 Å². The number of carboxylic acid groups (broad SMARTS) is 1. The maximum Gasteiger partial charge on any atom is 0.326 e. The Morgan fingerprint density at radius 3 is 2.29 bits per heavy atom. The summed E-state index contributed by atoms with van der Waals surface area (Å²) in [6, 6.07) is 6.47. The van der Waals surface area contributed by atoms with E-state index < -0.39 is 22.0 Å². The third kappa shape index (κ3) is 3.73. The van der Waals surface area contributed by atoms with Crippen molar-refractivity contribution in [2.24, 2.45) is 0 Å². The zero-order chi connectivity index (χ0) is 15.6. The van der Waals surface area contributed by atoms with Gasteiger partial charge in [0.2, 0.25) is 0 Å². The van der Waals surface area contributed by atoms with Crippen molar-refractivity contribution in [3.05, 3.63) is 46.3 Å². The van der Waals surface area contributed by atoms with Crippen LogP contribution in [0.25, 0.3) is 0 Å². The lowest BCUT2D eigenvalue weighted by atomic mass is 10.1. The molecule has 0 spiro atoms. The van der Waals surface area contributed by atoms with Crippen LogP contribution in [0.3, 0.4) is 0 Å². The molecule has 112 valence electrons. The van der Waals surface area contributed by atoms with Gasteiger partial charge in [-0.15, -0.1) is 11.3 Å². The number of aliphatic carboxylic acids is 1. The molecule has 3 N–H and O–H groups in total. The summed E-state index contributed by atoms with van der Waals surface area (Å²) in [7, 11) is -4.00. The Morgan fingerprint density at radius 2 is 1.81 bits per heavy atom. The van der Waals surface area contributed by atoms with Gasteiger partial charge in [-0.1, -0.05) is 23.7 Å². The molecule has 0 saturated carbocycles. The van der Waals surface area contributed by atoms with Crippen LogP contribution in [-0.4, -0.2) is 24.6 Å². The lowest BCUT2D eigenvalue weighted by Gasteiger charge is -2.14. The fraction of sp³-hybridized carbons (Fsp3) is 0.0833. The summed E-state index contributed by atoms with van der Waals surface area (Å²) in [5, 5.41) is 18.4. The number of rotatable bonds is 5. The number of thiophene rings is 1. The third-order valence-corrected chi connectivity index (χ3v) is 5.71. The minimum atomic E-state index is -4.00. The highest BCUT2D eigenvalue weighted by molar-refractivity contribution is 7.91. The quantitative estimate of drug-likeness (QED) is 0.769. The van der Waals surface area contributed by atoms with Crippen LogP contribution >= 0.6 is 22.9 Å². The fourth-order valence-corrected chi connectivity index (χ4v) is 4.26. The Bertz CT molecular complexity index is 754. The van der Waals surface area contributed by atoms with Crippen LogP contribution in [-0.2, 0) is 14.8 Å². The number of sulfonamides is 1. The van der Waals surface area contributed by atoms with Crippen LogP contribution in [0.2, 0.25) is 4.34 Å². The summed E-state index contributed by atoms with van der Waals surface area (Å²) < 4.78 is 26.6. The molecule has 0 bridgehead atoms. The lowest BCUT2D eigenvalue weighted by Crippen LogP contribution is -2.33. The molecule has 0 saturated heterocycles. The van der Waals surface area contributed by atoms with Crippen molar-refractivity contribution in [1.29, 1.82) is 0 Å². The number of hydrogen-bond donors (Lipinski definition) is 3. The Kier molecular flexibility index (Phi) is 4.52. The molecule has 1 aromatic heterocycles. The van der Waals surface area contributed by atoms with Crippen LogP contribution in [0.1, 0.15) is 11.6 Å². The minimum Gasteiger partial charge on any atom is -0.508 e. The minimum absolute atomic E-state index is 0.0456. The van der Waals surface area contributed by atoms with Gasteiger partial charge in [-0.25, -0.2) is 8.42 Å². The Hall–Kier alpha value is -1.61. The third-order valence-electron chi connectivity index (χ3n) is 2.56. The fourth-order valence-electron chi connectivity index (χ4n) is 1.58. The highest BCUT2D eigenvalue weighted by atomic mass is 35.5. The van der Waals surface area contributed by atoms with Gasteiger partial charge in [0.05, 0.1) is 4.34 Å². The van der Waals surface area contributed by atoms with E-state index >= 15 is 0 Å². The van der Waals surface area contributed by atoms with Gasteiger partial charge >= 0.3 is 5.97 Å². The monoisotopic (exact) mass is 347 g/mol. The van der Waals surface area contributed by atoms with Crippen LogP contribution in [0.5, 0.6) is 5.75 Å². The summed E-state index contributed by atoms with van der Waals surface area (Å²) >= 11 is 6.51. The Morgan fingerprint density at radius 1 is 1.19 bits per heavy atom. The lowest BCUT2D eigenvalue weighted by molar-refractivity contribution is -0.139. The molecule has 0 unspecified atom stereocenters. The SMILES string of the molecule is O=C(O)[C@@H](NS(=O)(=O)c1ccc(Cl)s1)c1ccc(O)cc1. The first-order valence-corrected chi connectivity index (χ1v) is 8.27. The van der Waals surface area contributed by atoms with Gasteiger partial charge in [0.25, 0.3) is 10.0 Å². The van der Waals surface area contributed by atoms with Gasteiger partial charge in [-0.05, 0) is 29.8 Å². The largest absolute Gasteiger partial charge is 0.508 e. The number of aromatic hydroxyl groups is 1. The number of benzene rings is 1. The topological polar surface area (TPSA) is 104 Å². The first-order chi connectivity index (χ1) is 9.79. The number of hydrogen-bond acceptors (Lipinski definition) is 5. The van der Waals surface area contributed by atoms with Crippen LogP contribution in [0, 0.1) is 0 Å². The second-order valence-corrected chi connectivity index (χ2v) is 7.70. The van der Waals surface area contributed by atoms with Gasteiger partial charge < -0.3 is 10.2 Å². The van der Waals surface area contributed by atoms with E-state index in [1.54, 1.807) is 0 Å². The van der Waals surface area contributed by atoms with Gasteiger partial charge in [0.1, 0.15) is 16.0 Å². The van der Waals surface area contributed by atoms with Gasteiger partial charge in [-0.2, -0.15) is 4.72 Å². The van der Waals surface area contributed by atoms with E-state index in [9.17, 15) is 23.4 Å². The number of carboxylic acids is 1. The smallest absolute Gasteiger partial charge is 0.326 e. The van der Waals surface area contributed by atoms with Crippen LogP contribution < -0.4 is 4.72 Å². The molecule has 1 atom stereocenters. The predicted molar refractivity (Wildman–Crippen MR) is 78.1 cm³/mol. The normalized spacial score (nSPS) is 13.0. The van der Waals surface area contributed by atoms with E-state index in [0.717, 1.165) is 11.3 Å². The first kappa shape index (κ1) is 15.8. The van der Waals surface area contributed by atoms with Gasteiger partial charge in [0.15, 0.2) is 0 Å². The molecule has 0 amide bonds. The zero-order valence-corrected chi connectivity index (χ0v) is 12.7. The van der Waals surface area contributed by atoms with E-state index in [1.807, 2.05) is 0 Å². The van der Waals surface area contributed by atoms with Crippen molar-refractivity contribution in [3.8, 4) is 5.75 Å². The molecule has 0 fully saturated rings. The molecule has 21 heavy (non-hydrogen) atoms. The molecule has 0 radical (unpaired) electrons.